The molecular formula is C41H71NO3. The summed E-state index contributed by atoms with van der Waals surface area (Å²) in [7, 11) is 0. The fourth-order valence-corrected chi connectivity index (χ4v) is 5.08. The van der Waals surface area contributed by atoms with Crippen molar-refractivity contribution < 1.29 is 15.0 Å². The Morgan fingerprint density at radius 1 is 0.556 bits per heavy atom. The molecule has 0 aromatic rings. The van der Waals surface area contributed by atoms with E-state index in [0.29, 0.717) is 6.42 Å². The Kier molecular flexibility index (Phi) is 34.5. The van der Waals surface area contributed by atoms with Crippen LogP contribution in [0.3, 0.4) is 0 Å². The van der Waals surface area contributed by atoms with Gasteiger partial charge in [-0.05, 0) is 64.2 Å². The zero-order valence-corrected chi connectivity index (χ0v) is 29.4. The Labute approximate surface area is 278 Å². The first-order chi connectivity index (χ1) is 22.2. The highest BCUT2D eigenvalue weighted by molar-refractivity contribution is 5.76. The number of unbranched alkanes of at least 4 members (excludes halogenated alkanes) is 15. The number of allylic oxidation sites excluding steroid dienone is 11. The van der Waals surface area contributed by atoms with Crippen molar-refractivity contribution in [2.75, 3.05) is 6.61 Å². The number of hydrogen-bond acceptors (Lipinski definition) is 3. The van der Waals surface area contributed by atoms with Crippen molar-refractivity contribution in [1.29, 1.82) is 0 Å². The van der Waals surface area contributed by atoms with Crippen LogP contribution >= 0.6 is 0 Å². The number of rotatable bonds is 32. The molecule has 0 heterocycles. The third-order valence-corrected chi connectivity index (χ3v) is 7.95. The molecule has 3 N–H and O–H groups in total. The fraction of sp³-hybridized carbons (Fsp3) is 0.683. The van der Waals surface area contributed by atoms with E-state index < -0.39 is 12.1 Å². The first kappa shape index (κ1) is 42.8. The van der Waals surface area contributed by atoms with Crippen molar-refractivity contribution in [3.8, 4) is 0 Å². The molecular weight excluding hydrogens is 554 g/mol. The van der Waals surface area contributed by atoms with Crippen LogP contribution in [-0.2, 0) is 4.79 Å². The van der Waals surface area contributed by atoms with Gasteiger partial charge in [0, 0.05) is 6.42 Å². The van der Waals surface area contributed by atoms with Crippen LogP contribution in [0.25, 0.3) is 0 Å². The predicted octanol–water partition coefficient (Wildman–Crippen LogP) is 11.2. The molecule has 0 spiro atoms. The minimum Gasteiger partial charge on any atom is -0.394 e. The summed E-state index contributed by atoms with van der Waals surface area (Å²) in [5.41, 5.74) is 0. The molecule has 0 aromatic carbocycles. The van der Waals surface area contributed by atoms with Crippen molar-refractivity contribution in [2.24, 2.45) is 0 Å². The molecule has 4 heteroatoms. The molecule has 45 heavy (non-hydrogen) atoms. The first-order valence-corrected chi connectivity index (χ1v) is 18.7. The Hall–Kier alpha value is -2.17. The van der Waals surface area contributed by atoms with Gasteiger partial charge in [0.2, 0.25) is 5.91 Å². The third-order valence-electron chi connectivity index (χ3n) is 7.95. The van der Waals surface area contributed by atoms with Crippen LogP contribution in [-0.4, -0.2) is 34.9 Å². The lowest BCUT2D eigenvalue weighted by Gasteiger charge is -2.19. The lowest BCUT2D eigenvalue weighted by Crippen LogP contribution is -2.45. The number of carbonyl (C=O) groups excluding carboxylic acids is 1. The van der Waals surface area contributed by atoms with Gasteiger partial charge in [-0.2, -0.15) is 0 Å². The third kappa shape index (κ3) is 33.0. The van der Waals surface area contributed by atoms with Crippen LogP contribution in [0, 0.1) is 0 Å². The highest BCUT2D eigenvalue weighted by Crippen LogP contribution is 2.13. The van der Waals surface area contributed by atoms with Crippen molar-refractivity contribution in [3.05, 3.63) is 72.9 Å². The van der Waals surface area contributed by atoms with E-state index in [4.69, 9.17) is 0 Å². The van der Waals surface area contributed by atoms with E-state index in [-0.39, 0.29) is 12.5 Å². The van der Waals surface area contributed by atoms with Gasteiger partial charge in [0.25, 0.3) is 0 Å². The molecule has 0 aliphatic rings. The highest BCUT2D eigenvalue weighted by atomic mass is 16.3. The van der Waals surface area contributed by atoms with Gasteiger partial charge in [0.05, 0.1) is 18.8 Å². The van der Waals surface area contributed by atoms with Gasteiger partial charge in [-0.25, -0.2) is 0 Å². The second-order valence-electron chi connectivity index (χ2n) is 12.3. The molecule has 0 saturated carbocycles. The molecule has 0 radical (unpaired) electrons. The summed E-state index contributed by atoms with van der Waals surface area (Å²) in [5.74, 6) is -0.0997. The smallest absolute Gasteiger partial charge is 0.220 e. The number of carbonyl (C=O) groups is 1. The summed E-state index contributed by atoms with van der Waals surface area (Å²) in [6.45, 7) is 4.16. The number of hydrogen-bond donors (Lipinski definition) is 3. The molecule has 2 unspecified atom stereocenters. The highest BCUT2D eigenvalue weighted by Gasteiger charge is 2.17. The maximum atomic E-state index is 12.3. The van der Waals surface area contributed by atoms with E-state index >= 15 is 0 Å². The maximum Gasteiger partial charge on any atom is 0.220 e. The average molecular weight is 626 g/mol. The summed E-state index contributed by atoms with van der Waals surface area (Å²) < 4.78 is 0. The number of aliphatic hydroxyl groups excluding tert-OH is 2. The lowest BCUT2D eigenvalue weighted by atomic mass is 10.0. The summed E-state index contributed by atoms with van der Waals surface area (Å²) in [6, 6.07) is -0.642. The Morgan fingerprint density at radius 3 is 1.47 bits per heavy atom. The number of aliphatic hydroxyl groups is 2. The topological polar surface area (TPSA) is 69.6 Å². The van der Waals surface area contributed by atoms with Crippen LogP contribution in [0.2, 0.25) is 0 Å². The summed E-state index contributed by atoms with van der Waals surface area (Å²) in [5, 5.41) is 22.9. The van der Waals surface area contributed by atoms with Gasteiger partial charge in [0.15, 0.2) is 0 Å². The average Bonchev–Trinajstić information content (AvgIpc) is 3.04. The number of nitrogens with one attached hydrogen (secondary N) is 1. The van der Waals surface area contributed by atoms with Crippen LogP contribution < -0.4 is 5.32 Å². The summed E-state index contributed by atoms with van der Waals surface area (Å²) >= 11 is 0. The van der Waals surface area contributed by atoms with Gasteiger partial charge >= 0.3 is 0 Å². The monoisotopic (exact) mass is 626 g/mol. The molecule has 0 bridgehead atoms. The standard InChI is InChI=1S/C41H71NO3/c1-3-5-7-9-11-13-15-17-19-20-21-22-23-25-27-29-31-33-35-37-41(45)42-39(38-43)40(44)36-34-32-30-28-26-24-18-16-14-12-10-8-6-4-2/h5,7,11,13,17,19,21-22,25,27,34,36,39-40,43-44H,3-4,6,8-10,12,14-16,18,20,23-24,26,28-33,35,37-38H2,1-2H3,(H,42,45)/b7-5-,13-11-,19-17-,22-21-,27-25-,36-34+. The first-order valence-electron chi connectivity index (χ1n) is 18.7. The van der Waals surface area contributed by atoms with E-state index in [9.17, 15) is 15.0 Å². The Bertz CT molecular complexity index is 808. The van der Waals surface area contributed by atoms with Crippen LogP contribution in [0.15, 0.2) is 72.9 Å². The van der Waals surface area contributed by atoms with Gasteiger partial charge in [0.1, 0.15) is 0 Å². The second kappa shape index (κ2) is 36.3. The largest absolute Gasteiger partial charge is 0.394 e. The van der Waals surface area contributed by atoms with E-state index in [1.807, 2.05) is 6.08 Å². The lowest BCUT2D eigenvalue weighted by molar-refractivity contribution is -0.123. The minimum atomic E-state index is -0.855. The van der Waals surface area contributed by atoms with E-state index in [0.717, 1.165) is 70.6 Å². The van der Waals surface area contributed by atoms with Crippen molar-refractivity contribution in [3.63, 3.8) is 0 Å². The molecule has 0 saturated heterocycles. The van der Waals surface area contributed by atoms with Gasteiger partial charge in [-0.15, -0.1) is 0 Å². The molecule has 4 nitrogen and oxygen atoms in total. The molecule has 0 aromatic heterocycles. The molecule has 2 atom stereocenters. The maximum absolute atomic E-state index is 12.3. The number of amides is 1. The molecule has 0 rings (SSSR count). The van der Waals surface area contributed by atoms with Crippen LogP contribution in [0.1, 0.15) is 162 Å². The van der Waals surface area contributed by atoms with E-state index in [1.54, 1.807) is 6.08 Å². The van der Waals surface area contributed by atoms with Crippen molar-refractivity contribution >= 4 is 5.91 Å². The molecule has 0 aliphatic carbocycles. The van der Waals surface area contributed by atoms with E-state index in [2.05, 4.69) is 79.9 Å². The predicted molar refractivity (Wildman–Crippen MR) is 197 cm³/mol. The van der Waals surface area contributed by atoms with Crippen molar-refractivity contribution in [1.82, 2.24) is 5.32 Å². The Balaban J connectivity index is 3.75. The molecule has 0 fully saturated rings. The quantitative estimate of drug-likeness (QED) is 0.0514. The summed E-state index contributed by atoms with van der Waals surface area (Å²) in [6.07, 6.45) is 51.2. The van der Waals surface area contributed by atoms with Gasteiger partial charge in [-0.1, -0.05) is 164 Å². The van der Waals surface area contributed by atoms with Crippen molar-refractivity contribution in [2.45, 2.75) is 174 Å². The SMILES string of the molecule is CC/C=C\C/C=C\C/C=C\C/C=C\C/C=C\CCCCCC(=O)NC(CO)C(O)/C=C/CCCCCCCCCCCCCC. The zero-order valence-electron chi connectivity index (χ0n) is 29.4. The minimum absolute atomic E-state index is 0.0997. The molecule has 258 valence electrons. The zero-order chi connectivity index (χ0) is 32.9. The molecule has 0 aliphatic heterocycles. The second-order valence-corrected chi connectivity index (χ2v) is 12.3. The van der Waals surface area contributed by atoms with Crippen LogP contribution in [0.4, 0.5) is 0 Å². The van der Waals surface area contributed by atoms with E-state index in [1.165, 1.54) is 70.6 Å². The molecule has 1 amide bonds. The summed E-state index contributed by atoms with van der Waals surface area (Å²) in [4.78, 5) is 12.3. The Morgan fingerprint density at radius 2 is 0.978 bits per heavy atom. The van der Waals surface area contributed by atoms with Gasteiger partial charge in [-0.3, -0.25) is 4.79 Å². The van der Waals surface area contributed by atoms with Gasteiger partial charge < -0.3 is 15.5 Å². The normalized spacial score (nSPS) is 14.0. The van der Waals surface area contributed by atoms with Crippen LogP contribution in [0.5, 0.6) is 0 Å². The fourth-order valence-electron chi connectivity index (χ4n) is 5.08.